The zero-order valence-electron chi connectivity index (χ0n) is 8.36. The smallest absolute Gasteiger partial charge is 0.327 e. The van der Waals surface area contributed by atoms with Crippen LogP contribution in [-0.2, 0) is 9.53 Å². The third-order valence-corrected chi connectivity index (χ3v) is 2.39. The van der Waals surface area contributed by atoms with Gasteiger partial charge in [-0.05, 0) is 23.1 Å². The van der Waals surface area contributed by atoms with E-state index in [-0.39, 0.29) is 0 Å². The molecule has 1 aromatic carbocycles. The van der Waals surface area contributed by atoms with Crippen molar-refractivity contribution >= 4 is 16.9 Å². The Morgan fingerprint density at radius 3 is 3.00 bits per heavy atom. The van der Waals surface area contributed by atoms with Gasteiger partial charge in [0.1, 0.15) is 6.04 Å². The van der Waals surface area contributed by atoms with Gasteiger partial charge in [-0.3, -0.25) is 4.79 Å². The molecule has 2 rings (SSSR count). The Morgan fingerprint density at radius 1 is 1.47 bits per heavy atom. The van der Waals surface area contributed by atoms with Crippen molar-refractivity contribution in [3.05, 3.63) is 36.0 Å². The Labute approximate surface area is 87.0 Å². The zero-order chi connectivity index (χ0) is 10.8. The summed E-state index contributed by atoms with van der Waals surface area (Å²) < 4.78 is 4.59. The van der Waals surface area contributed by atoms with E-state index in [2.05, 4.69) is 9.72 Å². The highest BCUT2D eigenvalue weighted by atomic mass is 16.5. The van der Waals surface area contributed by atoms with E-state index in [9.17, 15) is 4.79 Å². The van der Waals surface area contributed by atoms with Crippen molar-refractivity contribution < 1.29 is 9.53 Å². The molecule has 0 saturated heterocycles. The Kier molecular flexibility index (Phi) is 2.43. The van der Waals surface area contributed by atoms with Crippen LogP contribution in [0.4, 0.5) is 0 Å². The maximum Gasteiger partial charge on any atom is 0.327 e. The van der Waals surface area contributed by atoms with Crippen LogP contribution >= 0.6 is 0 Å². The number of aromatic nitrogens is 1. The second kappa shape index (κ2) is 3.74. The van der Waals surface area contributed by atoms with Crippen LogP contribution in [-0.4, -0.2) is 18.1 Å². The molecule has 78 valence electrons. The average Bonchev–Trinajstić information content (AvgIpc) is 2.73. The van der Waals surface area contributed by atoms with Crippen LogP contribution in [0.25, 0.3) is 10.9 Å². The molecule has 0 spiro atoms. The number of nitrogens with two attached hydrogens (primary N) is 1. The molecule has 0 radical (unpaired) electrons. The van der Waals surface area contributed by atoms with Gasteiger partial charge in [-0.25, -0.2) is 0 Å². The summed E-state index contributed by atoms with van der Waals surface area (Å²) in [5, 5.41) is 1.09. The van der Waals surface area contributed by atoms with Crippen molar-refractivity contribution in [2.24, 2.45) is 5.73 Å². The number of rotatable bonds is 2. The second-order valence-electron chi connectivity index (χ2n) is 3.33. The van der Waals surface area contributed by atoms with Gasteiger partial charge >= 0.3 is 5.97 Å². The predicted molar refractivity (Wildman–Crippen MR) is 57.2 cm³/mol. The Balaban J connectivity index is 2.39. The van der Waals surface area contributed by atoms with E-state index in [0.29, 0.717) is 0 Å². The molecule has 1 heterocycles. The van der Waals surface area contributed by atoms with Crippen LogP contribution in [0.5, 0.6) is 0 Å². The quantitative estimate of drug-likeness (QED) is 0.725. The molecule has 0 unspecified atom stereocenters. The molecule has 15 heavy (non-hydrogen) atoms. The highest BCUT2D eigenvalue weighted by Crippen LogP contribution is 2.18. The lowest BCUT2D eigenvalue weighted by Gasteiger charge is -2.09. The monoisotopic (exact) mass is 204 g/mol. The van der Waals surface area contributed by atoms with Gasteiger partial charge in [-0.1, -0.05) is 12.1 Å². The topological polar surface area (TPSA) is 68.1 Å². The molecule has 4 heteroatoms. The highest BCUT2D eigenvalue weighted by molar-refractivity contribution is 5.83. The number of ether oxygens (including phenoxy) is 1. The van der Waals surface area contributed by atoms with Gasteiger partial charge in [0.2, 0.25) is 0 Å². The van der Waals surface area contributed by atoms with Crippen LogP contribution in [0.15, 0.2) is 30.5 Å². The van der Waals surface area contributed by atoms with Crippen molar-refractivity contribution in [2.45, 2.75) is 6.04 Å². The first kappa shape index (κ1) is 9.73. The second-order valence-corrected chi connectivity index (χ2v) is 3.33. The lowest BCUT2D eigenvalue weighted by atomic mass is 10.1. The number of aromatic amines is 1. The number of benzene rings is 1. The molecule has 0 fully saturated rings. The Morgan fingerprint density at radius 2 is 2.27 bits per heavy atom. The Bertz CT molecular complexity index is 490. The predicted octanol–water partition coefficient (Wildman–Crippen LogP) is 1.34. The molecule has 3 N–H and O–H groups in total. The van der Waals surface area contributed by atoms with E-state index >= 15 is 0 Å². The fourth-order valence-electron chi connectivity index (χ4n) is 1.52. The summed E-state index contributed by atoms with van der Waals surface area (Å²) in [7, 11) is 1.33. The summed E-state index contributed by atoms with van der Waals surface area (Å²) in [6.07, 6.45) is 1.85. The van der Waals surface area contributed by atoms with E-state index in [1.165, 1.54) is 7.11 Å². The van der Waals surface area contributed by atoms with Gasteiger partial charge in [0.05, 0.1) is 7.11 Å². The highest BCUT2D eigenvalue weighted by Gasteiger charge is 2.16. The summed E-state index contributed by atoms with van der Waals surface area (Å²) in [5.41, 5.74) is 7.43. The van der Waals surface area contributed by atoms with Crippen molar-refractivity contribution in [1.82, 2.24) is 4.98 Å². The largest absolute Gasteiger partial charge is 0.468 e. The van der Waals surface area contributed by atoms with Crippen LogP contribution in [0.2, 0.25) is 0 Å². The molecule has 0 amide bonds. The zero-order valence-corrected chi connectivity index (χ0v) is 8.36. The molecule has 0 bridgehead atoms. The van der Waals surface area contributed by atoms with Crippen molar-refractivity contribution in [3.63, 3.8) is 0 Å². The molecule has 1 atom stereocenters. The number of nitrogens with one attached hydrogen (secondary N) is 1. The van der Waals surface area contributed by atoms with Gasteiger partial charge in [-0.2, -0.15) is 0 Å². The van der Waals surface area contributed by atoms with Gasteiger partial charge in [0.15, 0.2) is 0 Å². The standard InChI is InChI=1S/C11H12N2O2/c1-15-11(14)10(12)8-3-2-7-4-5-13-9(7)6-8/h2-6,10,13H,12H2,1H3/t10-/m0/s1. The molecule has 1 aromatic heterocycles. The van der Waals surface area contributed by atoms with Crippen LogP contribution in [0.3, 0.4) is 0 Å². The van der Waals surface area contributed by atoms with Gasteiger partial charge in [0, 0.05) is 11.7 Å². The number of carbonyl (C=O) groups excluding carboxylic acids is 1. The van der Waals surface area contributed by atoms with Crippen LogP contribution in [0.1, 0.15) is 11.6 Å². The first-order chi connectivity index (χ1) is 7.22. The normalized spacial score (nSPS) is 12.7. The van der Waals surface area contributed by atoms with E-state index in [1.807, 2.05) is 30.5 Å². The third-order valence-electron chi connectivity index (χ3n) is 2.39. The van der Waals surface area contributed by atoms with E-state index in [1.54, 1.807) is 0 Å². The number of hydrogen-bond donors (Lipinski definition) is 2. The number of hydrogen-bond acceptors (Lipinski definition) is 3. The Hall–Kier alpha value is -1.81. The average molecular weight is 204 g/mol. The lowest BCUT2D eigenvalue weighted by Crippen LogP contribution is -2.22. The number of methoxy groups -OCH3 is 1. The third kappa shape index (κ3) is 1.71. The van der Waals surface area contributed by atoms with Gasteiger partial charge in [0.25, 0.3) is 0 Å². The molecule has 0 saturated carbocycles. The molecule has 2 aromatic rings. The van der Waals surface area contributed by atoms with Gasteiger partial charge < -0.3 is 15.5 Å². The van der Waals surface area contributed by atoms with E-state index < -0.39 is 12.0 Å². The minimum atomic E-state index is -0.720. The SMILES string of the molecule is COC(=O)[C@@H](N)c1ccc2cc[nH]c2c1. The number of H-pyrrole nitrogens is 1. The van der Waals surface area contributed by atoms with Gasteiger partial charge in [-0.15, -0.1) is 0 Å². The molecule has 0 aliphatic heterocycles. The van der Waals surface area contributed by atoms with Crippen molar-refractivity contribution in [2.75, 3.05) is 7.11 Å². The summed E-state index contributed by atoms with van der Waals surface area (Å²) in [4.78, 5) is 14.3. The molecule has 0 aliphatic rings. The number of esters is 1. The first-order valence-electron chi connectivity index (χ1n) is 4.63. The molecular formula is C11H12N2O2. The number of carbonyl (C=O) groups is 1. The summed E-state index contributed by atoms with van der Waals surface area (Å²) in [6, 6.07) is 6.85. The molecule has 0 aliphatic carbocycles. The van der Waals surface area contributed by atoms with E-state index in [0.717, 1.165) is 16.5 Å². The minimum absolute atomic E-state index is 0.430. The summed E-state index contributed by atoms with van der Waals surface area (Å²) >= 11 is 0. The lowest BCUT2D eigenvalue weighted by molar-refractivity contribution is -0.142. The van der Waals surface area contributed by atoms with Crippen molar-refractivity contribution in [3.8, 4) is 0 Å². The maximum absolute atomic E-state index is 11.2. The van der Waals surface area contributed by atoms with Crippen molar-refractivity contribution in [1.29, 1.82) is 0 Å². The van der Waals surface area contributed by atoms with Crippen LogP contribution < -0.4 is 5.73 Å². The van der Waals surface area contributed by atoms with Crippen LogP contribution in [0, 0.1) is 0 Å². The molecular weight excluding hydrogens is 192 g/mol. The fraction of sp³-hybridized carbons (Fsp3) is 0.182. The van der Waals surface area contributed by atoms with E-state index in [4.69, 9.17) is 5.73 Å². The summed E-state index contributed by atoms with van der Waals surface area (Å²) in [6.45, 7) is 0. The summed E-state index contributed by atoms with van der Waals surface area (Å²) in [5.74, 6) is -0.430. The minimum Gasteiger partial charge on any atom is -0.468 e. The molecule has 4 nitrogen and oxygen atoms in total. The first-order valence-corrected chi connectivity index (χ1v) is 4.63. The fourth-order valence-corrected chi connectivity index (χ4v) is 1.52. The number of fused-ring (bicyclic) bond motifs is 1. The maximum atomic E-state index is 11.2.